The molecule has 0 radical (unpaired) electrons. The highest BCUT2D eigenvalue weighted by molar-refractivity contribution is 7.47. The van der Waals surface area contributed by atoms with Gasteiger partial charge in [0, 0.05) is 13.0 Å². The Balaban J connectivity index is 2.26. The van der Waals surface area contributed by atoms with Crippen molar-refractivity contribution in [1.29, 1.82) is 0 Å². The van der Waals surface area contributed by atoms with Gasteiger partial charge in [0.1, 0.15) is 42.7 Å². The number of rotatable bonds is 51. The molecule has 1 rings (SSSR count). The lowest BCUT2D eigenvalue weighted by Gasteiger charge is -2.41. The van der Waals surface area contributed by atoms with Crippen molar-refractivity contribution in [2.45, 2.75) is 301 Å². The summed E-state index contributed by atoms with van der Waals surface area (Å²) in [5.74, 6) is -0.473. The molecule has 0 amide bonds. The smallest absolute Gasteiger partial charge is 0.457 e. The van der Waals surface area contributed by atoms with Gasteiger partial charge in [0.05, 0.1) is 13.2 Å². The number of phosphoric ester groups is 1. The molecule has 6 atom stereocenters. The fraction of sp³-hybridized carbons (Fsp3) is 0.847. The highest BCUT2D eigenvalue weighted by Crippen LogP contribution is 2.47. The molecule has 422 valence electrons. The van der Waals surface area contributed by atoms with E-state index in [4.69, 9.17) is 18.5 Å². The van der Waals surface area contributed by atoms with Crippen molar-refractivity contribution in [3.63, 3.8) is 0 Å². The maximum Gasteiger partial charge on any atom is 0.472 e. The normalized spacial score (nSPS) is 20.9. The van der Waals surface area contributed by atoms with Crippen molar-refractivity contribution in [3.05, 3.63) is 48.6 Å². The van der Waals surface area contributed by atoms with Crippen molar-refractivity contribution in [1.82, 2.24) is 0 Å². The van der Waals surface area contributed by atoms with Gasteiger partial charge in [-0.2, -0.15) is 0 Å². The summed E-state index contributed by atoms with van der Waals surface area (Å²) >= 11 is 0. The molecular formula is C59H109O12P. The molecule has 13 heteroatoms. The lowest BCUT2D eigenvalue weighted by Crippen LogP contribution is -2.64. The summed E-state index contributed by atoms with van der Waals surface area (Å²) in [5.41, 5.74) is 0. The maximum absolute atomic E-state index is 12.9. The number of unbranched alkanes of at least 4 members (excludes halogenated alkanes) is 31. The first-order valence-corrected chi connectivity index (χ1v) is 31.0. The van der Waals surface area contributed by atoms with E-state index in [9.17, 15) is 39.8 Å². The van der Waals surface area contributed by atoms with Crippen LogP contribution in [0.2, 0.25) is 0 Å². The molecule has 6 unspecified atom stereocenters. The molecule has 1 fully saturated rings. The van der Waals surface area contributed by atoms with Crippen LogP contribution in [0.5, 0.6) is 0 Å². The lowest BCUT2D eigenvalue weighted by molar-refractivity contribution is -0.220. The van der Waals surface area contributed by atoms with Crippen molar-refractivity contribution >= 4 is 13.8 Å². The molecule has 1 saturated carbocycles. The minimum atomic E-state index is -5.03. The summed E-state index contributed by atoms with van der Waals surface area (Å²) in [6.07, 6.45) is 50.4. The number of hydrogen-bond acceptors (Lipinski definition) is 11. The zero-order valence-corrected chi connectivity index (χ0v) is 46.6. The fourth-order valence-corrected chi connectivity index (χ4v) is 10.1. The summed E-state index contributed by atoms with van der Waals surface area (Å²) in [6, 6.07) is 0. The second-order valence-corrected chi connectivity index (χ2v) is 21.9. The zero-order chi connectivity index (χ0) is 52.6. The van der Waals surface area contributed by atoms with Crippen molar-refractivity contribution in [3.8, 4) is 0 Å². The molecule has 0 aromatic heterocycles. The number of carbonyl (C=O) groups excluding carboxylic acids is 1. The number of phosphoric acid groups is 1. The number of aliphatic hydroxyl groups excluding tert-OH is 5. The molecule has 0 aliphatic heterocycles. The highest BCUT2D eigenvalue weighted by Gasteiger charge is 2.51. The van der Waals surface area contributed by atoms with E-state index in [1.165, 1.54) is 161 Å². The summed E-state index contributed by atoms with van der Waals surface area (Å²) in [6.45, 7) is 4.19. The fourth-order valence-electron chi connectivity index (χ4n) is 9.11. The number of aliphatic hydroxyl groups is 5. The van der Waals surface area contributed by atoms with Crippen LogP contribution in [-0.2, 0) is 27.9 Å². The van der Waals surface area contributed by atoms with Gasteiger partial charge in [-0.25, -0.2) is 4.57 Å². The molecule has 1 aliphatic rings. The Morgan fingerprint density at radius 1 is 0.458 bits per heavy atom. The number of hydrogen-bond donors (Lipinski definition) is 6. The average Bonchev–Trinajstić information content (AvgIpc) is 3.37. The predicted molar refractivity (Wildman–Crippen MR) is 295 cm³/mol. The maximum atomic E-state index is 12.9. The van der Waals surface area contributed by atoms with Gasteiger partial charge in [-0.1, -0.05) is 249 Å². The molecule has 72 heavy (non-hydrogen) atoms. The van der Waals surface area contributed by atoms with Crippen LogP contribution in [0.1, 0.15) is 258 Å². The third-order valence-corrected chi connectivity index (χ3v) is 14.7. The van der Waals surface area contributed by atoms with Crippen molar-refractivity contribution in [2.75, 3.05) is 19.8 Å². The van der Waals surface area contributed by atoms with E-state index in [0.29, 0.717) is 13.0 Å². The molecule has 0 aromatic carbocycles. The van der Waals surface area contributed by atoms with Crippen LogP contribution in [-0.4, -0.2) is 98.9 Å². The van der Waals surface area contributed by atoms with Gasteiger partial charge < -0.3 is 39.9 Å². The number of allylic oxidation sites excluding steroid dienone is 8. The predicted octanol–water partition coefficient (Wildman–Crippen LogP) is 14.3. The van der Waals surface area contributed by atoms with Crippen LogP contribution in [0.3, 0.4) is 0 Å². The SMILES string of the molecule is CC/C=C\C/C=C\C/C=C\C/C=C\CCCCCCCCCCCCCOCC(COP(=O)(O)OC1C(O)C(O)C(O)C(O)C1O)OC(=O)CCCCCCCCCCCCCCCCCCCCCCC. The van der Waals surface area contributed by atoms with Gasteiger partial charge in [0.15, 0.2) is 0 Å². The molecule has 6 N–H and O–H groups in total. The molecule has 1 aliphatic carbocycles. The Morgan fingerprint density at radius 2 is 0.819 bits per heavy atom. The Morgan fingerprint density at radius 3 is 1.25 bits per heavy atom. The van der Waals surface area contributed by atoms with E-state index in [1.54, 1.807) is 0 Å². The van der Waals surface area contributed by atoms with E-state index in [0.717, 1.165) is 70.6 Å². The molecule has 0 spiro atoms. The zero-order valence-electron chi connectivity index (χ0n) is 45.7. The standard InChI is InChI=1S/C59H109O12P/c1-3-5-7-9-11-13-15-17-19-21-23-25-26-27-29-31-33-35-37-39-41-43-45-47-49-68-50-52(51-69-72(66,67)71-59-57(64)55(62)54(61)56(63)58(59)65)70-53(60)48-46-44-42-40-38-36-34-32-30-28-24-22-20-18-16-14-12-10-8-6-4-2/h5,7,11,13,17,19,23,25,52,54-59,61-65H,3-4,6,8-10,12,14-16,18,20-22,24,26-51H2,1-2H3,(H,66,67)/b7-5-,13-11-,19-17-,25-23-. The monoisotopic (exact) mass is 1040 g/mol. The minimum Gasteiger partial charge on any atom is -0.457 e. The third-order valence-electron chi connectivity index (χ3n) is 13.7. The first-order chi connectivity index (χ1) is 35.0. The number of carbonyl (C=O) groups is 1. The molecule has 0 saturated heterocycles. The molecule has 0 bridgehead atoms. The first kappa shape index (κ1) is 68.3. The molecule has 0 heterocycles. The Bertz CT molecular complexity index is 1370. The van der Waals surface area contributed by atoms with E-state index in [-0.39, 0.29) is 13.0 Å². The van der Waals surface area contributed by atoms with E-state index < -0.39 is 63.1 Å². The Kier molecular flexibility index (Phi) is 46.4. The van der Waals surface area contributed by atoms with Gasteiger partial charge >= 0.3 is 13.8 Å². The summed E-state index contributed by atoms with van der Waals surface area (Å²) in [4.78, 5) is 23.3. The Hall–Kier alpha value is -1.70. The van der Waals surface area contributed by atoms with Crippen LogP contribution >= 0.6 is 7.82 Å². The van der Waals surface area contributed by atoms with Crippen LogP contribution < -0.4 is 0 Å². The molecule has 12 nitrogen and oxygen atoms in total. The van der Waals surface area contributed by atoms with E-state index >= 15 is 0 Å². The van der Waals surface area contributed by atoms with Crippen LogP contribution in [0.4, 0.5) is 0 Å². The van der Waals surface area contributed by atoms with Gasteiger partial charge in [0.25, 0.3) is 0 Å². The summed E-state index contributed by atoms with van der Waals surface area (Å²) in [7, 11) is -5.03. The minimum absolute atomic E-state index is 0.0766. The van der Waals surface area contributed by atoms with Crippen LogP contribution in [0.25, 0.3) is 0 Å². The summed E-state index contributed by atoms with van der Waals surface area (Å²) in [5, 5.41) is 50.5. The second kappa shape index (κ2) is 48.9. The number of esters is 1. The van der Waals surface area contributed by atoms with Crippen molar-refractivity contribution < 1.29 is 58.3 Å². The molecular weight excluding hydrogens is 932 g/mol. The van der Waals surface area contributed by atoms with E-state index in [2.05, 4.69) is 62.5 Å². The summed E-state index contributed by atoms with van der Waals surface area (Å²) < 4.78 is 34.4. The average molecular weight is 1040 g/mol. The second-order valence-electron chi connectivity index (χ2n) is 20.5. The van der Waals surface area contributed by atoms with Crippen LogP contribution in [0.15, 0.2) is 48.6 Å². The van der Waals surface area contributed by atoms with Gasteiger partial charge in [-0.15, -0.1) is 0 Å². The van der Waals surface area contributed by atoms with Gasteiger partial charge in [-0.3, -0.25) is 13.8 Å². The Labute approximate surface area is 439 Å². The highest BCUT2D eigenvalue weighted by atomic mass is 31.2. The number of ether oxygens (including phenoxy) is 2. The molecule has 0 aromatic rings. The first-order valence-electron chi connectivity index (χ1n) is 29.5. The topological polar surface area (TPSA) is 192 Å². The van der Waals surface area contributed by atoms with Gasteiger partial charge in [-0.05, 0) is 51.4 Å². The van der Waals surface area contributed by atoms with Crippen molar-refractivity contribution in [2.24, 2.45) is 0 Å². The quantitative estimate of drug-likeness (QED) is 0.0146. The largest absolute Gasteiger partial charge is 0.472 e. The third kappa shape index (κ3) is 39.7. The lowest BCUT2D eigenvalue weighted by atomic mass is 9.85. The van der Waals surface area contributed by atoms with Crippen LogP contribution in [0, 0.1) is 0 Å². The van der Waals surface area contributed by atoms with Gasteiger partial charge in [0.2, 0.25) is 0 Å². The van der Waals surface area contributed by atoms with E-state index in [1.807, 2.05) is 0 Å².